The molecule has 1 heterocycles. The van der Waals surface area contributed by atoms with Crippen LogP contribution in [0.25, 0.3) is 0 Å². The fourth-order valence-corrected chi connectivity index (χ4v) is 2.40. The normalized spacial score (nSPS) is 23.6. The van der Waals surface area contributed by atoms with E-state index < -0.39 is 0 Å². The Labute approximate surface area is 101 Å². The van der Waals surface area contributed by atoms with E-state index in [9.17, 15) is 4.79 Å². The summed E-state index contributed by atoms with van der Waals surface area (Å²) >= 11 is 0. The second-order valence-corrected chi connectivity index (χ2v) is 4.45. The van der Waals surface area contributed by atoms with Crippen molar-refractivity contribution in [2.75, 3.05) is 6.54 Å². The highest BCUT2D eigenvalue weighted by atomic mass is 16.1. The van der Waals surface area contributed by atoms with Crippen molar-refractivity contribution >= 4 is 5.91 Å². The second kappa shape index (κ2) is 5.72. The number of nitrogens with zero attached hydrogens (tertiary/aromatic N) is 2. The van der Waals surface area contributed by atoms with Gasteiger partial charge in [0.1, 0.15) is 6.33 Å². The summed E-state index contributed by atoms with van der Waals surface area (Å²) in [5.41, 5.74) is 6.50. The lowest BCUT2D eigenvalue weighted by atomic mass is 9.95. The third-order valence-corrected chi connectivity index (χ3v) is 3.39. The minimum atomic E-state index is 0.0850. The molecule has 1 aromatic heterocycles. The molecule has 5 heteroatoms. The van der Waals surface area contributed by atoms with Crippen LogP contribution >= 0.6 is 0 Å². The van der Waals surface area contributed by atoms with E-state index in [0.29, 0.717) is 19.0 Å². The Morgan fingerprint density at radius 1 is 1.53 bits per heavy atom. The molecule has 0 aromatic carbocycles. The van der Waals surface area contributed by atoms with Crippen molar-refractivity contribution in [3.8, 4) is 0 Å². The van der Waals surface area contributed by atoms with E-state index in [1.54, 1.807) is 12.3 Å². The van der Waals surface area contributed by atoms with Crippen LogP contribution in [0.5, 0.6) is 0 Å². The SMILES string of the molecule is NCC1CCCC1C(=O)NCc1ccncn1. The van der Waals surface area contributed by atoms with Crippen molar-refractivity contribution in [3.63, 3.8) is 0 Å². The van der Waals surface area contributed by atoms with Gasteiger partial charge in [-0.1, -0.05) is 6.42 Å². The van der Waals surface area contributed by atoms with Crippen LogP contribution in [0.3, 0.4) is 0 Å². The molecular formula is C12H18N4O. The molecule has 2 unspecified atom stereocenters. The Bertz CT molecular complexity index is 368. The summed E-state index contributed by atoms with van der Waals surface area (Å²) < 4.78 is 0. The number of carbonyl (C=O) groups excluding carboxylic acids is 1. The zero-order valence-electron chi connectivity index (χ0n) is 9.80. The first kappa shape index (κ1) is 12.0. The summed E-state index contributed by atoms with van der Waals surface area (Å²) in [5, 5.41) is 2.92. The summed E-state index contributed by atoms with van der Waals surface area (Å²) in [4.78, 5) is 19.9. The third-order valence-electron chi connectivity index (χ3n) is 3.39. The molecule has 1 saturated carbocycles. The Kier molecular flexibility index (Phi) is 4.03. The van der Waals surface area contributed by atoms with Gasteiger partial charge in [0, 0.05) is 12.1 Å². The molecule has 0 aliphatic heterocycles. The lowest BCUT2D eigenvalue weighted by Gasteiger charge is -2.17. The van der Waals surface area contributed by atoms with Gasteiger partial charge in [-0.25, -0.2) is 9.97 Å². The van der Waals surface area contributed by atoms with E-state index >= 15 is 0 Å². The number of aromatic nitrogens is 2. The van der Waals surface area contributed by atoms with Gasteiger partial charge in [-0.15, -0.1) is 0 Å². The van der Waals surface area contributed by atoms with Gasteiger partial charge >= 0.3 is 0 Å². The van der Waals surface area contributed by atoms with Crippen LogP contribution in [0.15, 0.2) is 18.6 Å². The second-order valence-electron chi connectivity index (χ2n) is 4.45. The summed E-state index contributed by atoms with van der Waals surface area (Å²) in [6.07, 6.45) is 6.29. The maximum absolute atomic E-state index is 12.0. The molecule has 0 bridgehead atoms. The standard InChI is InChI=1S/C12H18N4O/c13-6-9-2-1-3-11(9)12(17)15-7-10-4-5-14-8-16-10/h4-5,8-9,11H,1-3,6-7,13H2,(H,15,17). The molecule has 17 heavy (non-hydrogen) atoms. The number of nitrogens with one attached hydrogen (secondary N) is 1. The van der Waals surface area contributed by atoms with E-state index in [2.05, 4.69) is 15.3 Å². The largest absolute Gasteiger partial charge is 0.350 e. The molecule has 2 atom stereocenters. The zero-order valence-corrected chi connectivity index (χ0v) is 9.80. The van der Waals surface area contributed by atoms with Gasteiger partial charge in [-0.2, -0.15) is 0 Å². The van der Waals surface area contributed by atoms with Gasteiger partial charge in [-0.3, -0.25) is 4.79 Å². The molecular weight excluding hydrogens is 216 g/mol. The summed E-state index contributed by atoms with van der Waals surface area (Å²) in [6, 6.07) is 1.80. The number of amides is 1. The lowest BCUT2D eigenvalue weighted by Crippen LogP contribution is -2.34. The van der Waals surface area contributed by atoms with Gasteiger partial charge in [0.15, 0.2) is 0 Å². The van der Waals surface area contributed by atoms with Crippen molar-refractivity contribution < 1.29 is 4.79 Å². The van der Waals surface area contributed by atoms with E-state index in [1.165, 1.54) is 6.33 Å². The number of hydrogen-bond donors (Lipinski definition) is 2. The van der Waals surface area contributed by atoms with Crippen LogP contribution in [0, 0.1) is 11.8 Å². The quantitative estimate of drug-likeness (QED) is 0.793. The fraction of sp³-hybridized carbons (Fsp3) is 0.583. The monoisotopic (exact) mass is 234 g/mol. The van der Waals surface area contributed by atoms with Crippen LogP contribution in [-0.2, 0) is 11.3 Å². The average molecular weight is 234 g/mol. The molecule has 1 amide bonds. The molecule has 1 aromatic rings. The molecule has 1 aliphatic rings. The third kappa shape index (κ3) is 3.00. The zero-order chi connectivity index (χ0) is 12.1. The molecule has 1 fully saturated rings. The van der Waals surface area contributed by atoms with Gasteiger partial charge in [-0.05, 0) is 31.4 Å². The van der Waals surface area contributed by atoms with Gasteiger partial charge in [0.05, 0.1) is 12.2 Å². The Hall–Kier alpha value is -1.49. The predicted molar refractivity (Wildman–Crippen MR) is 63.8 cm³/mol. The highest BCUT2D eigenvalue weighted by molar-refractivity contribution is 5.79. The van der Waals surface area contributed by atoms with Crippen LogP contribution < -0.4 is 11.1 Å². The van der Waals surface area contributed by atoms with E-state index in [1.807, 2.05) is 0 Å². The van der Waals surface area contributed by atoms with Crippen molar-refractivity contribution in [1.82, 2.24) is 15.3 Å². The lowest BCUT2D eigenvalue weighted by molar-refractivity contribution is -0.126. The minimum absolute atomic E-state index is 0.0850. The Morgan fingerprint density at radius 3 is 3.12 bits per heavy atom. The fourth-order valence-electron chi connectivity index (χ4n) is 2.40. The smallest absolute Gasteiger partial charge is 0.223 e. The number of rotatable bonds is 4. The Balaban J connectivity index is 1.85. The first-order valence-electron chi connectivity index (χ1n) is 6.04. The number of nitrogens with two attached hydrogens (primary N) is 1. The highest BCUT2D eigenvalue weighted by Crippen LogP contribution is 2.30. The van der Waals surface area contributed by atoms with Crippen LogP contribution in [0.4, 0.5) is 0 Å². The van der Waals surface area contributed by atoms with Gasteiger partial charge in [0.2, 0.25) is 5.91 Å². The average Bonchev–Trinajstić information content (AvgIpc) is 2.85. The molecule has 0 saturated heterocycles. The van der Waals surface area contributed by atoms with Crippen LogP contribution in [-0.4, -0.2) is 22.4 Å². The molecule has 92 valence electrons. The molecule has 1 aliphatic carbocycles. The molecule has 3 N–H and O–H groups in total. The number of hydrogen-bond acceptors (Lipinski definition) is 4. The van der Waals surface area contributed by atoms with Crippen molar-refractivity contribution in [2.45, 2.75) is 25.8 Å². The van der Waals surface area contributed by atoms with Crippen molar-refractivity contribution in [2.24, 2.45) is 17.6 Å². The van der Waals surface area contributed by atoms with Gasteiger partial charge < -0.3 is 11.1 Å². The maximum Gasteiger partial charge on any atom is 0.223 e. The van der Waals surface area contributed by atoms with Crippen molar-refractivity contribution in [1.29, 1.82) is 0 Å². The molecule has 2 rings (SSSR count). The van der Waals surface area contributed by atoms with E-state index in [0.717, 1.165) is 25.0 Å². The van der Waals surface area contributed by atoms with Crippen molar-refractivity contribution in [3.05, 3.63) is 24.3 Å². The first-order valence-corrected chi connectivity index (χ1v) is 6.04. The molecule has 0 spiro atoms. The summed E-state index contributed by atoms with van der Waals surface area (Å²) in [7, 11) is 0. The van der Waals surface area contributed by atoms with Gasteiger partial charge in [0.25, 0.3) is 0 Å². The predicted octanol–water partition coefficient (Wildman–Crippen LogP) is 0.468. The molecule has 0 radical (unpaired) electrons. The van der Waals surface area contributed by atoms with E-state index in [4.69, 9.17) is 5.73 Å². The van der Waals surface area contributed by atoms with E-state index in [-0.39, 0.29) is 11.8 Å². The molecule has 5 nitrogen and oxygen atoms in total. The van der Waals surface area contributed by atoms with Crippen LogP contribution in [0.2, 0.25) is 0 Å². The summed E-state index contributed by atoms with van der Waals surface area (Å²) in [6.45, 7) is 1.07. The Morgan fingerprint density at radius 2 is 2.41 bits per heavy atom. The number of carbonyl (C=O) groups is 1. The topological polar surface area (TPSA) is 80.9 Å². The first-order chi connectivity index (χ1) is 8.31. The van der Waals surface area contributed by atoms with Crippen LogP contribution in [0.1, 0.15) is 25.0 Å². The minimum Gasteiger partial charge on any atom is -0.350 e. The maximum atomic E-state index is 12.0. The summed E-state index contributed by atoms with van der Waals surface area (Å²) in [5.74, 6) is 0.541. The highest BCUT2D eigenvalue weighted by Gasteiger charge is 2.31.